The van der Waals surface area contributed by atoms with Crippen LogP contribution in [0.5, 0.6) is 5.75 Å². The van der Waals surface area contributed by atoms with E-state index < -0.39 is 0 Å². The highest BCUT2D eigenvalue weighted by Crippen LogP contribution is 2.27. The molecule has 0 aromatic heterocycles. The fourth-order valence-electron chi connectivity index (χ4n) is 2.59. The first-order valence-corrected chi connectivity index (χ1v) is 6.63. The first-order chi connectivity index (χ1) is 8.18. The molecule has 0 bridgehead atoms. The van der Waals surface area contributed by atoms with E-state index >= 15 is 0 Å². The Kier molecular flexibility index (Phi) is 4.06. The Hall–Kier alpha value is -1.02. The minimum absolute atomic E-state index is 0.192. The molecule has 0 heterocycles. The van der Waals surface area contributed by atoms with E-state index in [4.69, 9.17) is 10.5 Å². The summed E-state index contributed by atoms with van der Waals surface area (Å²) in [6.07, 6.45) is 5.22. The van der Waals surface area contributed by atoms with Gasteiger partial charge in [-0.15, -0.1) is 0 Å². The molecule has 2 heteroatoms. The minimum Gasteiger partial charge on any atom is -0.492 e. The van der Waals surface area contributed by atoms with Crippen molar-refractivity contribution in [2.75, 3.05) is 6.61 Å². The molecular weight excluding hydrogens is 210 g/mol. The summed E-state index contributed by atoms with van der Waals surface area (Å²) < 4.78 is 5.87. The van der Waals surface area contributed by atoms with Crippen LogP contribution in [-0.2, 0) is 0 Å². The van der Waals surface area contributed by atoms with Crippen LogP contribution in [0.15, 0.2) is 18.2 Å². The molecule has 17 heavy (non-hydrogen) atoms. The van der Waals surface area contributed by atoms with Crippen molar-refractivity contribution in [2.24, 2.45) is 11.7 Å². The molecule has 1 unspecified atom stereocenters. The van der Waals surface area contributed by atoms with E-state index in [1.165, 1.54) is 36.8 Å². The summed E-state index contributed by atoms with van der Waals surface area (Å²) in [7, 11) is 0. The summed E-state index contributed by atoms with van der Waals surface area (Å²) in [5, 5.41) is 0. The molecule has 1 aliphatic carbocycles. The van der Waals surface area contributed by atoms with Gasteiger partial charge in [0.1, 0.15) is 12.4 Å². The normalized spacial score (nSPS) is 18.3. The average molecular weight is 233 g/mol. The molecule has 0 amide bonds. The monoisotopic (exact) mass is 233 g/mol. The quantitative estimate of drug-likeness (QED) is 0.866. The molecule has 0 saturated heterocycles. The van der Waals surface area contributed by atoms with Gasteiger partial charge in [0.2, 0.25) is 0 Å². The van der Waals surface area contributed by atoms with Gasteiger partial charge >= 0.3 is 0 Å². The molecule has 0 spiro atoms. The number of hydrogen-bond acceptors (Lipinski definition) is 2. The lowest BCUT2D eigenvalue weighted by molar-refractivity contribution is 0.246. The van der Waals surface area contributed by atoms with Crippen LogP contribution in [-0.4, -0.2) is 12.6 Å². The van der Waals surface area contributed by atoms with Crippen LogP contribution in [0.2, 0.25) is 0 Å². The number of benzene rings is 1. The first kappa shape index (κ1) is 12.4. The largest absolute Gasteiger partial charge is 0.492 e. The van der Waals surface area contributed by atoms with Gasteiger partial charge in [0.05, 0.1) is 0 Å². The van der Waals surface area contributed by atoms with Crippen LogP contribution < -0.4 is 10.5 Å². The van der Waals surface area contributed by atoms with E-state index in [9.17, 15) is 0 Å². The topological polar surface area (TPSA) is 35.2 Å². The van der Waals surface area contributed by atoms with E-state index in [2.05, 4.69) is 19.9 Å². The van der Waals surface area contributed by atoms with Crippen molar-refractivity contribution in [3.05, 3.63) is 29.3 Å². The van der Waals surface area contributed by atoms with E-state index in [0.29, 0.717) is 12.5 Å². The molecule has 94 valence electrons. The van der Waals surface area contributed by atoms with Gasteiger partial charge in [0.15, 0.2) is 0 Å². The minimum atomic E-state index is 0.192. The molecule has 1 aromatic carbocycles. The van der Waals surface area contributed by atoms with Crippen molar-refractivity contribution in [2.45, 2.75) is 45.6 Å². The molecule has 2 rings (SSSR count). The second kappa shape index (κ2) is 5.54. The van der Waals surface area contributed by atoms with Gasteiger partial charge in [0.25, 0.3) is 0 Å². The summed E-state index contributed by atoms with van der Waals surface area (Å²) in [6, 6.07) is 6.37. The van der Waals surface area contributed by atoms with Crippen LogP contribution in [0.25, 0.3) is 0 Å². The van der Waals surface area contributed by atoms with Crippen molar-refractivity contribution in [1.29, 1.82) is 0 Å². The van der Waals surface area contributed by atoms with Crippen molar-refractivity contribution < 1.29 is 4.74 Å². The van der Waals surface area contributed by atoms with E-state index in [1.807, 2.05) is 12.1 Å². The summed E-state index contributed by atoms with van der Waals surface area (Å²) in [5.41, 5.74) is 8.69. The third-order valence-electron chi connectivity index (χ3n) is 3.99. The molecule has 1 aliphatic rings. The lowest BCUT2D eigenvalue weighted by atomic mass is 10.00. The highest BCUT2D eigenvalue weighted by Gasteiger charge is 2.22. The van der Waals surface area contributed by atoms with Crippen LogP contribution in [0, 0.1) is 19.8 Å². The van der Waals surface area contributed by atoms with Crippen molar-refractivity contribution in [3.8, 4) is 5.75 Å². The number of rotatable bonds is 4. The van der Waals surface area contributed by atoms with E-state index in [1.54, 1.807) is 0 Å². The maximum Gasteiger partial charge on any atom is 0.122 e. The molecule has 2 nitrogen and oxygen atoms in total. The Morgan fingerprint density at radius 3 is 2.71 bits per heavy atom. The zero-order chi connectivity index (χ0) is 12.3. The van der Waals surface area contributed by atoms with E-state index in [-0.39, 0.29) is 6.04 Å². The molecule has 0 aliphatic heterocycles. The Balaban J connectivity index is 1.90. The second-order valence-corrected chi connectivity index (χ2v) is 5.22. The highest BCUT2D eigenvalue weighted by molar-refractivity contribution is 5.38. The summed E-state index contributed by atoms with van der Waals surface area (Å²) in [4.78, 5) is 0. The molecule has 0 radical (unpaired) electrons. The predicted octanol–water partition coefficient (Wildman–Crippen LogP) is 3.20. The van der Waals surface area contributed by atoms with Crippen LogP contribution in [0.1, 0.15) is 36.8 Å². The Morgan fingerprint density at radius 2 is 2.00 bits per heavy atom. The van der Waals surface area contributed by atoms with E-state index in [0.717, 1.165) is 5.75 Å². The van der Waals surface area contributed by atoms with Crippen LogP contribution in [0.4, 0.5) is 0 Å². The van der Waals surface area contributed by atoms with Crippen LogP contribution in [0.3, 0.4) is 0 Å². The highest BCUT2D eigenvalue weighted by atomic mass is 16.5. The zero-order valence-corrected chi connectivity index (χ0v) is 10.9. The summed E-state index contributed by atoms with van der Waals surface area (Å²) >= 11 is 0. The van der Waals surface area contributed by atoms with Gasteiger partial charge < -0.3 is 10.5 Å². The molecule has 1 saturated carbocycles. The molecule has 1 atom stereocenters. The fraction of sp³-hybridized carbons (Fsp3) is 0.600. The number of aryl methyl sites for hydroxylation is 1. The second-order valence-electron chi connectivity index (χ2n) is 5.22. The smallest absolute Gasteiger partial charge is 0.122 e. The maximum atomic E-state index is 6.19. The number of nitrogens with two attached hydrogens (primary N) is 1. The standard InChI is InChI=1S/C15H23NO/c1-11-6-5-9-15(12(11)2)17-10-14(16)13-7-3-4-8-13/h5-6,9,13-14H,3-4,7-8,10,16H2,1-2H3. The molecule has 1 aromatic rings. The Bertz CT molecular complexity index is 369. The Labute approximate surface area is 104 Å². The third kappa shape index (κ3) is 3.01. The lowest BCUT2D eigenvalue weighted by Gasteiger charge is -2.20. The lowest BCUT2D eigenvalue weighted by Crippen LogP contribution is -2.34. The summed E-state index contributed by atoms with van der Waals surface area (Å²) in [6.45, 7) is 4.86. The fourth-order valence-corrected chi connectivity index (χ4v) is 2.59. The van der Waals surface area contributed by atoms with Gasteiger partial charge in [-0.05, 0) is 49.8 Å². The molecular formula is C15H23NO. The van der Waals surface area contributed by atoms with Gasteiger partial charge in [-0.2, -0.15) is 0 Å². The van der Waals surface area contributed by atoms with Gasteiger partial charge in [0, 0.05) is 6.04 Å². The summed E-state index contributed by atoms with van der Waals surface area (Å²) in [5.74, 6) is 1.65. The first-order valence-electron chi connectivity index (χ1n) is 6.63. The maximum absolute atomic E-state index is 6.19. The SMILES string of the molecule is Cc1cccc(OCC(N)C2CCCC2)c1C. The molecule has 2 N–H and O–H groups in total. The molecule has 1 fully saturated rings. The Morgan fingerprint density at radius 1 is 1.29 bits per heavy atom. The van der Waals surface area contributed by atoms with Gasteiger partial charge in [-0.1, -0.05) is 25.0 Å². The third-order valence-corrected chi connectivity index (χ3v) is 3.99. The number of ether oxygens (including phenoxy) is 1. The van der Waals surface area contributed by atoms with Crippen molar-refractivity contribution >= 4 is 0 Å². The van der Waals surface area contributed by atoms with Crippen molar-refractivity contribution in [1.82, 2.24) is 0 Å². The number of hydrogen-bond donors (Lipinski definition) is 1. The van der Waals surface area contributed by atoms with Crippen molar-refractivity contribution in [3.63, 3.8) is 0 Å². The zero-order valence-electron chi connectivity index (χ0n) is 10.9. The average Bonchev–Trinajstić information content (AvgIpc) is 2.84. The van der Waals surface area contributed by atoms with Crippen LogP contribution >= 0.6 is 0 Å². The predicted molar refractivity (Wildman–Crippen MR) is 71.3 cm³/mol. The van der Waals surface area contributed by atoms with Gasteiger partial charge in [-0.25, -0.2) is 0 Å². The van der Waals surface area contributed by atoms with Gasteiger partial charge in [-0.3, -0.25) is 0 Å².